The van der Waals surface area contributed by atoms with E-state index in [1.807, 2.05) is 30.3 Å². The summed E-state index contributed by atoms with van der Waals surface area (Å²) in [6.45, 7) is 0.815. The van der Waals surface area contributed by atoms with Gasteiger partial charge in [0, 0.05) is 25.9 Å². The van der Waals surface area contributed by atoms with Crippen molar-refractivity contribution in [2.24, 2.45) is 0 Å². The SMILES string of the molecule is O=C(CCc1nc(C2CCCN2C(=O)c2cc(F)ccc2F)no1)NCc1ccccc1. The molecule has 166 valence electrons. The molecule has 4 rings (SSSR count). The standard InChI is InChI=1S/C23H22F2N4O3/c24-16-8-9-18(25)17(13-16)23(31)29-12-4-7-19(29)22-27-21(32-28-22)11-10-20(30)26-14-15-5-2-1-3-6-15/h1-3,5-6,8-9,13,19H,4,7,10-12,14H2,(H,26,30). The van der Waals surface area contributed by atoms with Gasteiger partial charge < -0.3 is 14.7 Å². The van der Waals surface area contributed by atoms with Gasteiger partial charge in [-0.1, -0.05) is 35.5 Å². The highest BCUT2D eigenvalue weighted by Crippen LogP contribution is 2.32. The van der Waals surface area contributed by atoms with Crippen LogP contribution in [0.2, 0.25) is 0 Å². The summed E-state index contributed by atoms with van der Waals surface area (Å²) in [7, 11) is 0. The summed E-state index contributed by atoms with van der Waals surface area (Å²) < 4.78 is 32.8. The number of benzene rings is 2. The number of nitrogens with zero attached hydrogens (tertiary/aromatic N) is 3. The number of hydrogen-bond acceptors (Lipinski definition) is 5. The Morgan fingerprint density at radius 1 is 1.16 bits per heavy atom. The third-order valence-corrected chi connectivity index (χ3v) is 5.35. The minimum Gasteiger partial charge on any atom is -0.352 e. The zero-order valence-electron chi connectivity index (χ0n) is 17.3. The predicted octanol–water partition coefficient (Wildman–Crippen LogP) is 3.57. The number of nitrogens with one attached hydrogen (secondary N) is 1. The molecule has 0 bridgehead atoms. The molecular formula is C23H22F2N4O3. The molecule has 0 radical (unpaired) electrons. The van der Waals surface area contributed by atoms with Crippen molar-refractivity contribution >= 4 is 11.8 Å². The lowest BCUT2D eigenvalue weighted by Crippen LogP contribution is -2.31. The van der Waals surface area contributed by atoms with Crippen molar-refractivity contribution in [2.45, 2.75) is 38.3 Å². The van der Waals surface area contributed by atoms with Gasteiger partial charge in [-0.2, -0.15) is 4.98 Å². The largest absolute Gasteiger partial charge is 0.352 e. The second-order valence-electron chi connectivity index (χ2n) is 7.59. The van der Waals surface area contributed by atoms with Crippen molar-refractivity contribution in [2.75, 3.05) is 6.54 Å². The van der Waals surface area contributed by atoms with Crippen molar-refractivity contribution in [3.63, 3.8) is 0 Å². The quantitative estimate of drug-likeness (QED) is 0.607. The molecule has 32 heavy (non-hydrogen) atoms. The minimum absolute atomic E-state index is 0.146. The Labute approximate surface area is 183 Å². The van der Waals surface area contributed by atoms with Crippen LogP contribution in [0.5, 0.6) is 0 Å². The van der Waals surface area contributed by atoms with Gasteiger partial charge in [0.15, 0.2) is 5.82 Å². The average molecular weight is 440 g/mol. The van der Waals surface area contributed by atoms with Crippen LogP contribution in [-0.4, -0.2) is 33.4 Å². The van der Waals surface area contributed by atoms with Gasteiger partial charge in [0.1, 0.15) is 11.6 Å². The van der Waals surface area contributed by atoms with Crippen LogP contribution in [0.15, 0.2) is 53.1 Å². The first kappa shape index (κ1) is 21.6. The van der Waals surface area contributed by atoms with Gasteiger partial charge in [-0.3, -0.25) is 9.59 Å². The van der Waals surface area contributed by atoms with Gasteiger partial charge in [0.05, 0.1) is 11.6 Å². The smallest absolute Gasteiger partial charge is 0.257 e. The fourth-order valence-electron chi connectivity index (χ4n) is 3.70. The van der Waals surface area contributed by atoms with Crippen LogP contribution in [0, 0.1) is 11.6 Å². The van der Waals surface area contributed by atoms with E-state index in [4.69, 9.17) is 4.52 Å². The van der Waals surface area contributed by atoms with Crippen LogP contribution in [0.3, 0.4) is 0 Å². The van der Waals surface area contributed by atoms with Crippen molar-refractivity contribution in [1.82, 2.24) is 20.4 Å². The number of aryl methyl sites for hydroxylation is 1. The molecular weight excluding hydrogens is 418 g/mol. The summed E-state index contributed by atoms with van der Waals surface area (Å²) in [5.74, 6) is -1.64. The Morgan fingerprint density at radius 2 is 1.97 bits per heavy atom. The van der Waals surface area contributed by atoms with E-state index < -0.39 is 23.6 Å². The zero-order valence-corrected chi connectivity index (χ0v) is 17.3. The van der Waals surface area contributed by atoms with Gasteiger partial charge in [0.2, 0.25) is 11.8 Å². The second kappa shape index (κ2) is 9.67. The van der Waals surface area contributed by atoms with Crippen LogP contribution in [-0.2, 0) is 17.8 Å². The Bertz CT molecular complexity index is 1100. The van der Waals surface area contributed by atoms with Crippen molar-refractivity contribution in [3.8, 4) is 0 Å². The number of carbonyl (C=O) groups excluding carboxylic acids is 2. The monoisotopic (exact) mass is 440 g/mol. The normalized spacial score (nSPS) is 15.7. The van der Waals surface area contributed by atoms with Crippen LogP contribution in [0.1, 0.15) is 52.9 Å². The van der Waals surface area contributed by atoms with Crippen LogP contribution in [0.25, 0.3) is 0 Å². The van der Waals surface area contributed by atoms with E-state index in [0.717, 1.165) is 23.8 Å². The highest BCUT2D eigenvalue weighted by molar-refractivity contribution is 5.95. The highest BCUT2D eigenvalue weighted by atomic mass is 19.1. The van der Waals surface area contributed by atoms with Gasteiger partial charge in [-0.25, -0.2) is 8.78 Å². The number of aromatic nitrogens is 2. The maximum Gasteiger partial charge on any atom is 0.257 e. The Hall–Kier alpha value is -3.62. The van der Waals surface area contributed by atoms with E-state index in [9.17, 15) is 18.4 Å². The topological polar surface area (TPSA) is 88.3 Å². The van der Waals surface area contributed by atoms with E-state index >= 15 is 0 Å². The van der Waals surface area contributed by atoms with E-state index in [1.54, 1.807) is 0 Å². The molecule has 1 aliphatic rings. The first-order chi connectivity index (χ1) is 15.5. The molecule has 1 fully saturated rings. The van der Waals surface area contributed by atoms with Crippen molar-refractivity contribution in [1.29, 1.82) is 0 Å². The molecule has 9 heteroatoms. The van der Waals surface area contributed by atoms with Gasteiger partial charge >= 0.3 is 0 Å². The lowest BCUT2D eigenvalue weighted by Gasteiger charge is -2.22. The molecule has 0 aliphatic carbocycles. The molecule has 1 unspecified atom stereocenters. The summed E-state index contributed by atoms with van der Waals surface area (Å²) in [6.07, 6.45) is 1.70. The lowest BCUT2D eigenvalue weighted by molar-refractivity contribution is -0.121. The molecule has 3 aromatic rings. The molecule has 1 saturated heterocycles. The number of hydrogen-bond donors (Lipinski definition) is 1. The van der Waals surface area contributed by atoms with Crippen LogP contribution < -0.4 is 5.32 Å². The average Bonchev–Trinajstić information content (AvgIpc) is 3.47. The predicted molar refractivity (Wildman–Crippen MR) is 110 cm³/mol. The minimum atomic E-state index is -0.780. The van der Waals surface area contributed by atoms with Crippen LogP contribution in [0.4, 0.5) is 8.78 Å². The van der Waals surface area contributed by atoms with Gasteiger partial charge in [-0.15, -0.1) is 0 Å². The molecule has 0 spiro atoms. The summed E-state index contributed by atoms with van der Waals surface area (Å²) >= 11 is 0. The van der Waals surface area contributed by atoms with E-state index in [2.05, 4.69) is 15.5 Å². The maximum absolute atomic E-state index is 14.1. The van der Waals surface area contributed by atoms with Crippen molar-refractivity contribution in [3.05, 3.63) is 83.0 Å². The summed E-state index contributed by atoms with van der Waals surface area (Å²) in [5.41, 5.74) is 0.678. The number of likely N-dealkylation sites (tertiary alicyclic amines) is 1. The Kier molecular flexibility index (Phi) is 6.53. The molecule has 2 amide bonds. The molecule has 7 nitrogen and oxygen atoms in total. The number of rotatable bonds is 7. The van der Waals surface area contributed by atoms with Gasteiger partial charge in [0.25, 0.3) is 5.91 Å². The Balaban J connectivity index is 1.35. The van der Waals surface area contributed by atoms with E-state index in [1.165, 1.54) is 4.90 Å². The first-order valence-corrected chi connectivity index (χ1v) is 10.4. The summed E-state index contributed by atoms with van der Waals surface area (Å²) in [4.78, 5) is 30.6. The molecule has 1 atom stereocenters. The summed E-state index contributed by atoms with van der Waals surface area (Å²) in [6, 6.07) is 11.9. The zero-order chi connectivity index (χ0) is 22.5. The fraction of sp³-hybridized carbons (Fsp3) is 0.304. The summed E-state index contributed by atoms with van der Waals surface area (Å²) in [5, 5.41) is 6.79. The fourth-order valence-corrected chi connectivity index (χ4v) is 3.70. The van der Waals surface area contributed by atoms with Crippen LogP contribution >= 0.6 is 0 Å². The van der Waals surface area contributed by atoms with E-state index in [0.29, 0.717) is 31.8 Å². The molecule has 1 N–H and O–H groups in total. The second-order valence-corrected chi connectivity index (χ2v) is 7.59. The lowest BCUT2D eigenvalue weighted by atomic mass is 10.1. The van der Waals surface area contributed by atoms with Crippen molar-refractivity contribution < 1.29 is 22.9 Å². The first-order valence-electron chi connectivity index (χ1n) is 10.4. The molecule has 0 saturated carbocycles. The molecule has 2 aromatic carbocycles. The number of halogens is 2. The van der Waals surface area contributed by atoms with E-state index in [-0.39, 0.29) is 30.2 Å². The number of carbonyl (C=O) groups is 2. The third kappa shape index (κ3) is 4.99. The number of amides is 2. The Morgan fingerprint density at radius 3 is 2.78 bits per heavy atom. The maximum atomic E-state index is 14.1. The third-order valence-electron chi connectivity index (χ3n) is 5.35. The van der Waals surface area contributed by atoms with Gasteiger partial charge in [-0.05, 0) is 36.6 Å². The molecule has 1 aromatic heterocycles. The highest BCUT2D eigenvalue weighted by Gasteiger charge is 2.35. The molecule has 2 heterocycles. The molecule has 1 aliphatic heterocycles.